The Balaban J connectivity index is 1.62. The van der Waals surface area contributed by atoms with Gasteiger partial charge in [-0.05, 0) is 41.1 Å². The number of imidazole rings is 1. The van der Waals surface area contributed by atoms with Crippen LogP contribution in [0.2, 0.25) is 0 Å². The lowest BCUT2D eigenvalue weighted by molar-refractivity contribution is -0.389. The molecule has 2 heterocycles. The summed E-state index contributed by atoms with van der Waals surface area (Å²) in [5.41, 5.74) is 2.95. The first-order valence-corrected chi connectivity index (χ1v) is 8.97. The highest BCUT2D eigenvalue weighted by Crippen LogP contribution is 2.31. The number of hydrogen-bond acceptors (Lipinski definition) is 4. The van der Waals surface area contributed by atoms with Crippen molar-refractivity contribution in [3.8, 4) is 0 Å². The van der Waals surface area contributed by atoms with Gasteiger partial charge in [0.1, 0.15) is 12.7 Å². The highest BCUT2D eigenvalue weighted by atomic mass is 16.6. The molecule has 0 aliphatic rings. The van der Waals surface area contributed by atoms with Gasteiger partial charge in [-0.2, -0.15) is 0 Å². The summed E-state index contributed by atoms with van der Waals surface area (Å²) in [7, 11) is 0. The van der Waals surface area contributed by atoms with Crippen molar-refractivity contribution in [3.63, 3.8) is 0 Å². The van der Waals surface area contributed by atoms with Crippen LogP contribution in [0.25, 0.3) is 21.8 Å². The molecule has 0 aliphatic heterocycles. The summed E-state index contributed by atoms with van der Waals surface area (Å²) in [6, 6.07) is 14.0. The van der Waals surface area contributed by atoms with Crippen molar-refractivity contribution >= 4 is 39.2 Å². The highest BCUT2D eigenvalue weighted by Gasteiger charge is 2.17. The van der Waals surface area contributed by atoms with Gasteiger partial charge in [0.15, 0.2) is 0 Å². The Bertz CT molecular complexity index is 1220. The summed E-state index contributed by atoms with van der Waals surface area (Å²) in [5.74, 6) is -0.114. The number of carbonyl (C=O) groups excluding carboxylic acids is 1. The number of nitrogens with zero attached hydrogens (tertiary/aromatic N) is 4. The normalized spacial score (nSPS) is 11.2. The van der Waals surface area contributed by atoms with E-state index in [0.29, 0.717) is 11.5 Å². The Morgan fingerprint density at radius 3 is 2.64 bits per heavy atom. The van der Waals surface area contributed by atoms with Crippen molar-refractivity contribution < 1.29 is 9.72 Å². The fourth-order valence-electron chi connectivity index (χ4n) is 3.57. The van der Waals surface area contributed by atoms with Gasteiger partial charge in [0.25, 0.3) is 0 Å². The third-order valence-corrected chi connectivity index (χ3v) is 4.84. The number of fused-ring (bicyclic) bond motifs is 3. The summed E-state index contributed by atoms with van der Waals surface area (Å²) in [5, 5.41) is 15.9. The van der Waals surface area contributed by atoms with Gasteiger partial charge in [-0.25, -0.2) is 0 Å². The first-order valence-electron chi connectivity index (χ1n) is 8.97. The van der Waals surface area contributed by atoms with E-state index in [9.17, 15) is 14.9 Å². The van der Waals surface area contributed by atoms with Crippen LogP contribution in [-0.2, 0) is 17.9 Å². The van der Waals surface area contributed by atoms with Crippen molar-refractivity contribution in [1.29, 1.82) is 0 Å². The number of aryl methyl sites for hydroxylation is 2. The van der Waals surface area contributed by atoms with E-state index in [2.05, 4.69) is 33.9 Å². The van der Waals surface area contributed by atoms with Crippen molar-refractivity contribution in [2.24, 2.45) is 0 Å². The molecule has 0 unspecified atom stereocenters. The number of hydrogen-bond donors (Lipinski definition) is 1. The van der Waals surface area contributed by atoms with Crippen LogP contribution in [0, 0.1) is 17.0 Å². The number of anilines is 1. The minimum absolute atomic E-state index is 0.0402. The summed E-state index contributed by atoms with van der Waals surface area (Å²) >= 11 is 0. The SMILES string of the molecule is CCn1c2ccccc2c2cc(NC(=O)Cn3cc([N+](=O)[O-])nc3C)ccc21. The highest BCUT2D eigenvalue weighted by molar-refractivity contribution is 6.09. The molecule has 4 rings (SSSR count). The van der Waals surface area contributed by atoms with Crippen LogP contribution < -0.4 is 5.32 Å². The predicted octanol–water partition coefficient (Wildman–Crippen LogP) is 3.87. The van der Waals surface area contributed by atoms with Crippen LogP contribution in [0.3, 0.4) is 0 Å². The molecule has 8 heteroatoms. The van der Waals surface area contributed by atoms with E-state index in [0.717, 1.165) is 28.4 Å². The minimum atomic E-state index is -0.571. The molecule has 28 heavy (non-hydrogen) atoms. The maximum atomic E-state index is 12.4. The van der Waals surface area contributed by atoms with Gasteiger partial charge in [0.2, 0.25) is 11.7 Å². The molecular weight excluding hydrogens is 358 g/mol. The van der Waals surface area contributed by atoms with Crippen molar-refractivity contribution in [3.05, 3.63) is 64.6 Å². The molecule has 1 N–H and O–H groups in total. The second kappa shape index (κ2) is 6.80. The number of nitro groups is 1. The smallest absolute Gasteiger partial charge is 0.358 e. The Morgan fingerprint density at radius 1 is 1.18 bits per heavy atom. The Kier molecular flexibility index (Phi) is 4.31. The quantitative estimate of drug-likeness (QED) is 0.422. The fourth-order valence-corrected chi connectivity index (χ4v) is 3.57. The standard InChI is InChI=1S/C20H19N5O3/c1-3-24-17-7-5-4-6-15(17)16-10-14(8-9-18(16)24)22-20(26)12-23-11-19(25(27)28)21-13(23)2/h4-11H,3,12H2,1-2H3,(H,22,26). The molecule has 0 radical (unpaired) electrons. The third kappa shape index (κ3) is 2.98. The van der Waals surface area contributed by atoms with E-state index in [1.807, 2.05) is 30.3 Å². The molecule has 0 bridgehead atoms. The van der Waals surface area contributed by atoms with Crippen LogP contribution in [0.1, 0.15) is 12.7 Å². The molecule has 0 saturated carbocycles. The molecule has 0 fully saturated rings. The molecule has 2 aromatic heterocycles. The van der Waals surface area contributed by atoms with Crippen LogP contribution >= 0.6 is 0 Å². The van der Waals surface area contributed by atoms with Gasteiger partial charge >= 0.3 is 5.82 Å². The number of nitrogens with one attached hydrogen (secondary N) is 1. The summed E-state index contributed by atoms with van der Waals surface area (Å²) in [6.07, 6.45) is 1.27. The molecule has 1 amide bonds. The summed E-state index contributed by atoms with van der Waals surface area (Å²) in [4.78, 5) is 26.5. The molecule has 4 aromatic rings. The first kappa shape index (κ1) is 17.7. The largest absolute Gasteiger partial charge is 0.381 e. The molecule has 0 spiro atoms. The Hall–Kier alpha value is -3.68. The van der Waals surface area contributed by atoms with Gasteiger partial charge in [0, 0.05) is 41.0 Å². The zero-order valence-electron chi connectivity index (χ0n) is 15.5. The zero-order valence-corrected chi connectivity index (χ0v) is 15.5. The number of aromatic nitrogens is 3. The molecule has 2 aromatic carbocycles. The van der Waals surface area contributed by atoms with Gasteiger partial charge in [-0.15, -0.1) is 0 Å². The summed E-state index contributed by atoms with van der Waals surface area (Å²) in [6.45, 7) is 4.55. The second-order valence-electron chi connectivity index (χ2n) is 6.57. The number of amides is 1. The lowest BCUT2D eigenvalue weighted by Crippen LogP contribution is -2.19. The van der Waals surface area contributed by atoms with Crippen LogP contribution in [0.5, 0.6) is 0 Å². The second-order valence-corrected chi connectivity index (χ2v) is 6.57. The van der Waals surface area contributed by atoms with Crippen molar-refractivity contribution in [1.82, 2.24) is 14.1 Å². The van der Waals surface area contributed by atoms with Crippen LogP contribution in [0.4, 0.5) is 11.5 Å². The lowest BCUT2D eigenvalue weighted by atomic mass is 10.1. The van der Waals surface area contributed by atoms with E-state index < -0.39 is 4.92 Å². The maximum Gasteiger partial charge on any atom is 0.381 e. The molecule has 0 saturated heterocycles. The minimum Gasteiger partial charge on any atom is -0.358 e. The van der Waals surface area contributed by atoms with E-state index in [4.69, 9.17) is 0 Å². The van der Waals surface area contributed by atoms with Gasteiger partial charge in [-0.1, -0.05) is 18.2 Å². The van der Waals surface area contributed by atoms with E-state index in [-0.39, 0.29) is 18.3 Å². The topological polar surface area (TPSA) is 95.0 Å². The van der Waals surface area contributed by atoms with Crippen LogP contribution in [0.15, 0.2) is 48.7 Å². The predicted molar refractivity (Wildman–Crippen MR) is 107 cm³/mol. The Labute approximate surface area is 160 Å². The Morgan fingerprint density at radius 2 is 1.93 bits per heavy atom. The maximum absolute atomic E-state index is 12.4. The van der Waals surface area contributed by atoms with Crippen molar-refractivity contribution in [2.75, 3.05) is 5.32 Å². The zero-order chi connectivity index (χ0) is 19.8. The average Bonchev–Trinajstić information content (AvgIpc) is 3.19. The lowest BCUT2D eigenvalue weighted by Gasteiger charge is -2.07. The number of para-hydroxylation sites is 1. The van der Waals surface area contributed by atoms with Gasteiger partial charge in [0.05, 0.1) is 0 Å². The van der Waals surface area contributed by atoms with Gasteiger partial charge in [-0.3, -0.25) is 9.36 Å². The number of carbonyl (C=O) groups is 1. The molecular formula is C20H19N5O3. The van der Waals surface area contributed by atoms with Crippen LogP contribution in [-0.4, -0.2) is 24.9 Å². The number of benzene rings is 2. The van der Waals surface area contributed by atoms with E-state index in [1.165, 1.54) is 10.8 Å². The summed E-state index contributed by atoms with van der Waals surface area (Å²) < 4.78 is 3.71. The molecule has 8 nitrogen and oxygen atoms in total. The van der Waals surface area contributed by atoms with Crippen molar-refractivity contribution in [2.45, 2.75) is 26.9 Å². The third-order valence-electron chi connectivity index (χ3n) is 4.84. The molecule has 0 aliphatic carbocycles. The fraction of sp³-hybridized carbons (Fsp3) is 0.200. The molecule has 142 valence electrons. The monoisotopic (exact) mass is 377 g/mol. The van der Waals surface area contributed by atoms with E-state index >= 15 is 0 Å². The van der Waals surface area contributed by atoms with E-state index in [1.54, 1.807) is 6.92 Å². The molecule has 0 atom stereocenters. The first-order chi connectivity index (χ1) is 13.5. The average molecular weight is 377 g/mol. The number of rotatable bonds is 5. The van der Waals surface area contributed by atoms with Gasteiger partial charge < -0.3 is 20.0 Å².